The van der Waals surface area contributed by atoms with Crippen LogP contribution < -0.4 is 0 Å². The van der Waals surface area contributed by atoms with Crippen LogP contribution in [0.2, 0.25) is 0 Å². The zero-order valence-electron chi connectivity index (χ0n) is 9.48. The summed E-state index contributed by atoms with van der Waals surface area (Å²) < 4.78 is 5.59. The van der Waals surface area contributed by atoms with Crippen LogP contribution in [0, 0.1) is 0 Å². The van der Waals surface area contributed by atoms with Crippen LogP contribution in [0.3, 0.4) is 0 Å². The van der Waals surface area contributed by atoms with Crippen LogP contribution in [0.15, 0.2) is 16.5 Å². The first-order chi connectivity index (χ1) is 7.70. The number of hydrogen-bond acceptors (Lipinski definition) is 3. The third-order valence-electron chi connectivity index (χ3n) is 3.07. The molecule has 88 valence electrons. The van der Waals surface area contributed by atoms with Crippen molar-refractivity contribution in [2.24, 2.45) is 0 Å². The second-order valence-corrected chi connectivity index (χ2v) is 4.19. The average Bonchev–Trinajstić information content (AvgIpc) is 2.87. The van der Waals surface area contributed by atoms with Gasteiger partial charge in [-0.05, 0) is 31.5 Å². The smallest absolute Gasteiger partial charge is 0.320 e. The Balaban J connectivity index is 2.00. The summed E-state index contributed by atoms with van der Waals surface area (Å²) in [5.74, 6) is 1.10. The highest BCUT2D eigenvalue weighted by Gasteiger charge is 2.30. The number of hydrogen-bond donors (Lipinski definition) is 1. The predicted octanol–water partition coefficient (Wildman–Crippen LogP) is 1.89. The molecule has 1 aromatic heterocycles. The van der Waals surface area contributed by atoms with Gasteiger partial charge in [-0.2, -0.15) is 0 Å². The Morgan fingerprint density at radius 3 is 2.94 bits per heavy atom. The number of rotatable bonds is 4. The van der Waals surface area contributed by atoms with E-state index in [0.717, 1.165) is 37.3 Å². The molecular formula is C12H17NO3. The minimum atomic E-state index is -0.722. The van der Waals surface area contributed by atoms with Crippen molar-refractivity contribution in [2.75, 3.05) is 6.54 Å². The number of aryl methyl sites for hydroxylation is 1. The van der Waals surface area contributed by atoms with Crippen molar-refractivity contribution in [2.45, 2.75) is 38.8 Å². The molecular weight excluding hydrogens is 206 g/mol. The maximum absolute atomic E-state index is 11.0. The molecule has 1 atom stereocenters. The highest BCUT2D eigenvalue weighted by Crippen LogP contribution is 2.21. The predicted molar refractivity (Wildman–Crippen MR) is 59.2 cm³/mol. The fourth-order valence-electron chi connectivity index (χ4n) is 2.19. The lowest BCUT2D eigenvalue weighted by atomic mass is 10.2. The molecule has 1 aromatic rings. The van der Waals surface area contributed by atoms with Gasteiger partial charge in [0.25, 0.3) is 0 Å². The summed E-state index contributed by atoms with van der Waals surface area (Å²) in [5, 5.41) is 9.04. The molecule has 1 saturated heterocycles. The van der Waals surface area contributed by atoms with E-state index in [1.807, 2.05) is 24.0 Å². The van der Waals surface area contributed by atoms with Gasteiger partial charge in [-0.25, -0.2) is 0 Å². The number of carboxylic acids is 1. The Hall–Kier alpha value is -1.29. The minimum absolute atomic E-state index is 0.338. The Morgan fingerprint density at radius 1 is 1.56 bits per heavy atom. The Morgan fingerprint density at radius 2 is 2.31 bits per heavy atom. The van der Waals surface area contributed by atoms with Crippen LogP contribution >= 0.6 is 0 Å². The molecule has 1 fully saturated rings. The molecule has 2 heterocycles. The van der Waals surface area contributed by atoms with E-state index < -0.39 is 5.97 Å². The average molecular weight is 223 g/mol. The molecule has 0 amide bonds. The summed E-state index contributed by atoms with van der Waals surface area (Å²) >= 11 is 0. The van der Waals surface area contributed by atoms with Crippen LogP contribution in [0.1, 0.15) is 31.3 Å². The van der Waals surface area contributed by atoms with E-state index in [-0.39, 0.29) is 6.04 Å². The molecule has 4 heteroatoms. The monoisotopic (exact) mass is 223 g/mol. The molecule has 16 heavy (non-hydrogen) atoms. The fraction of sp³-hybridized carbons (Fsp3) is 0.583. The van der Waals surface area contributed by atoms with E-state index in [1.165, 1.54) is 0 Å². The number of carbonyl (C=O) groups is 1. The van der Waals surface area contributed by atoms with Gasteiger partial charge in [0, 0.05) is 6.42 Å². The lowest BCUT2D eigenvalue weighted by Gasteiger charge is -2.19. The van der Waals surface area contributed by atoms with Crippen molar-refractivity contribution < 1.29 is 14.3 Å². The molecule has 1 unspecified atom stereocenters. The Labute approximate surface area is 94.9 Å². The summed E-state index contributed by atoms with van der Waals surface area (Å²) in [4.78, 5) is 13.0. The molecule has 1 aliphatic heterocycles. The molecule has 4 nitrogen and oxygen atoms in total. The molecule has 0 bridgehead atoms. The van der Waals surface area contributed by atoms with Crippen molar-refractivity contribution >= 4 is 5.97 Å². The highest BCUT2D eigenvalue weighted by molar-refractivity contribution is 5.73. The van der Waals surface area contributed by atoms with Crippen molar-refractivity contribution in [3.63, 3.8) is 0 Å². The van der Waals surface area contributed by atoms with Gasteiger partial charge in [-0.3, -0.25) is 9.69 Å². The zero-order chi connectivity index (χ0) is 11.5. The maximum Gasteiger partial charge on any atom is 0.320 e. The van der Waals surface area contributed by atoms with Gasteiger partial charge < -0.3 is 9.52 Å². The van der Waals surface area contributed by atoms with Crippen LogP contribution in [0.25, 0.3) is 0 Å². The molecule has 0 spiro atoms. The molecule has 0 radical (unpaired) electrons. The van der Waals surface area contributed by atoms with E-state index >= 15 is 0 Å². The number of aliphatic carboxylic acids is 1. The highest BCUT2D eigenvalue weighted by atomic mass is 16.4. The largest absolute Gasteiger partial charge is 0.480 e. The fourth-order valence-corrected chi connectivity index (χ4v) is 2.19. The second kappa shape index (κ2) is 4.70. The van der Waals surface area contributed by atoms with Gasteiger partial charge >= 0.3 is 5.97 Å². The summed E-state index contributed by atoms with van der Waals surface area (Å²) in [6.45, 7) is 3.49. The van der Waals surface area contributed by atoms with Gasteiger partial charge in [-0.15, -0.1) is 0 Å². The van der Waals surface area contributed by atoms with Crippen LogP contribution in [0.4, 0.5) is 0 Å². The molecule has 1 N–H and O–H groups in total. The van der Waals surface area contributed by atoms with Crippen LogP contribution in [-0.2, 0) is 17.8 Å². The second-order valence-electron chi connectivity index (χ2n) is 4.19. The number of carboxylic acid groups (broad SMARTS) is 1. The molecule has 0 saturated carbocycles. The van der Waals surface area contributed by atoms with E-state index in [4.69, 9.17) is 9.52 Å². The number of furan rings is 1. The van der Waals surface area contributed by atoms with Crippen molar-refractivity contribution in [3.05, 3.63) is 23.7 Å². The molecule has 0 aliphatic carbocycles. The number of likely N-dealkylation sites (tertiary alicyclic amines) is 1. The van der Waals surface area contributed by atoms with E-state index in [1.54, 1.807) is 0 Å². The normalized spacial score (nSPS) is 21.4. The Bertz CT molecular complexity index is 372. The third-order valence-corrected chi connectivity index (χ3v) is 3.07. The molecule has 0 aromatic carbocycles. The molecule has 1 aliphatic rings. The van der Waals surface area contributed by atoms with E-state index in [0.29, 0.717) is 6.54 Å². The summed E-state index contributed by atoms with van der Waals surface area (Å²) in [5.41, 5.74) is 0. The van der Waals surface area contributed by atoms with Gasteiger partial charge in [0.2, 0.25) is 0 Å². The van der Waals surface area contributed by atoms with Crippen LogP contribution in [0.5, 0.6) is 0 Å². The van der Waals surface area contributed by atoms with Gasteiger partial charge in [-0.1, -0.05) is 6.92 Å². The van der Waals surface area contributed by atoms with Crippen LogP contribution in [-0.4, -0.2) is 28.6 Å². The van der Waals surface area contributed by atoms with Crippen molar-refractivity contribution in [1.29, 1.82) is 0 Å². The third kappa shape index (κ3) is 2.27. The summed E-state index contributed by atoms with van der Waals surface area (Å²) in [6.07, 6.45) is 2.58. The standard InChI is InChI=1S/C12H17NO3/c1-2-9-5-6-10(16-9)8-13-7-3-4-11(13)12(14)15/h5-6,11H,2-4,7-8H2,1H3,(H,14,15). The SMILES string of the molecule is CCc1ccc(CN2CCCC2C(=O)O)o1. The summed E-state index contributed by atoms with van der Waals surface area (Å²) in [6, 6.07) is 3.56. The lowest BCUT2D eigenvalue weighted by Crippen LogP contribution is -2.35. The first-order valence-corrected chi connectivity index (χ1v) is 5.75. The van der Waals surface area contributed by atoms with Gasteiger partial charge in [0.1, 0.15) is 17.6 Å². The lowest BCUT2D eigenvalue weighted by molar-refractivity contribution is -0.142. The van der Waals surface area contributed by atoms with Gasteiger partial charge in [0.05, 0.1) is 6.54 Å². The first-order valence-electron chi connectivity index (χ1n) is 5.75. The van der Waals surface area contributed by atoms with E-state index in [2.05, 4.69) is 0 Å². The Kier molecular flexibility index (Phi) is 3.29. The first kappa shape index (κ1) is 11.2. The maximum atomic E-state index is 11.0. The quantitative estimate of drug-likeness (QED) is 0.847. The summed E-state index contributed by atoms with van der Waals surface area (Å²) in [7, 11) is 0. The van der Waals surface area contributed by atoms with Gasteiger partial charge in [0.15, 0.2) is 0 Å². The number of nitrogens with zero attached hydrogens (tertiary/aromatic N) is 1. The topological polar surface area (TPSA) is 53.7 Å². The zero-order valence-corrected chi connectivity index (χ0v) is 9.48. The van der Waals surface area contributed by atoms with Crippen molar-refractivity contribution in [1.82, 2.24) is 4.90 Å². The minimum Gasteiger partial charge on any atom is -0.480 e. The molecule has 2 rings (SSSR count). The van der Waals surface area contributed by atoms with E-state index in [9.17, 15) is 4.79 Å². The van der Waals surface area contributed by atoms with Crippen molar-refractivity contribution in [3.8, 4) is 0 Å².